The molecular weight excluding hydrogens is 235 g/mol. The topological polar surface area (TPSA) is 60.4 Å². The van der Waals surface area contributed by atoms with Crippen molar-refractivity contribution in [2.75, 3.05) is 6.26 Å². The molecule has 0 saturated carbocycles. The molecule has 1 aromatic carbocycles. The van der Waals surface area contributed by atoms with Gasteiger partial charge in [-0.15, -0.1) is 0 Å². The summed E-state index contributed by atoms with van der Waals surface area (Å²) in [5, 5.41) is 0. The van der Waals surface area contributed by atoms with Crippen molar-refractivity contribution in [2.24, 2.45) is 0 Å². The molecule has 0 N–H and O–H groups in total. The van der Waals surface area contributed by atoms with E-state index in [4.69, 9.17) is 0 Å². The van der Waals surface area contributed by atoms with Crippen LogP contribution in [0, 0.1) is 5.82 Å². The molecule has 0 spiro atoms. The second-order valence-electron chi connectivity index (χ2n) is 3.32. The maximum atomic E-state index is 13.4. The van der Waals surface area contributed by atoms with Crippen LogP contribution in [0.1, 0.15) is 12.5 Å². The lowest BCUT2D eigenvalue weighted by Gasteiger charge is -2.05. The van der Waals surface area contributed by atoms with Crippen molar-refractivity contribution in [1.29, 1.82) is 0 Å². The smallest absolute Gasteiger partial charge is 0.302 e. The third-order valence-electron chi connectivity index (χ3n) is 1.84. The van der Waals surface area contributed by atoms with Crippen molar-refractivity contribution < 1.29 is 22.3 Å². The fourth-order valence-corrected chi connectivity index (χ4v) is 1.85. The molecule has 0 heterocycles. The first-order valence-electron chi connectivity index (χ1n) is 4.42. The minimum atomic E-state index is -3.56. The number of halogens is 1. The highest BCUT2D eigenvalue weighted by Crippen LogP contribution is 2.16. The van der Waals surface area contributed by atoms with Gasteiger partial charge in [0.15, 0.2) is 9.84 Å². The third-order valence-corrected chi connectivity index (χ3v) is 2.97. The van der Waals surface area contributed by atoms with Crippen LogP contribution >= 0.6 is 0 Å². The van der Waals surface area contributed by atoms with Gasteiger partial charge in [0, 0.05) is 13.2 Å². The van der Waals surface area contributed by atoms with Crippen molar-refractivity contribution in [3.8, 4) is 0 Å². The third kappa shape index (κ3) is 3.30. The summed E-state index contributed by atoms with van der Waals surface area (Å²) in [4.78, 5) is 10.2. The van der Waals surface area contributed by atoms with Crippen molar-refractivity contribution in [3.05, 3.63) is 29.6 Å². The van der Waals surface area contributed by atoms with Crippen LogP contribution in [0.5, 0.6) is 0 Å². The summed E-state index contributed by atoms with van der Waals surface area (Å²) >= 11 is 0. The molecule has 6 heteroatoms. The number of benzene rings is 1. The summed E-state index contributed by atoms with van der Waals surface area (Å²) in [6.07, 6.45) is 0.928. The second-order valence-corrected chi connectivity index (χ2v) is 5.30. The number of ether oxygens (including phenoxy) is 1. The lowest BCUT2D eigenvalue weighted by atomic mass is 10.2. The van der Waals surface area contributed by atoms with Crippen LogP contribution < -0.4 is 0 Å². The van der Waals surface area contributed by atoms with E-state index < -0.39 is 21.6 Å². The number of hydrogen-bond acceptors (Lipinski definition) is 4. The molecule has 0 radical (unpaired) electrons. The van der Waals surface area contributed by atoms with E-state index in [1.54, 1.807) is 0 Å². The Morgan fingerprint density at radius 1 is 1.44 bits per heavy atom. The van der Waals surface area contributed by atoms with E-state index >= 15 is 0 Å². The van der Waals surface area contributed by atoms with Gasteiger partial charge >= 0.3 is 5.97 Å². The Kier molecular flexibility index (Phi) is 3.64. The van der Waals surface area contributed by atoms with Gasteiger partial charge in [-0.3, -0.25) is 4.79 Å². The SMILES string of the molecule is CC(=O)OCc1ccc(S(C)(=O)=O)c(F)c1. The number of sulfone groups is 1. The molecule has 4 nitrogen and oxygen atoms in total. The number of carbonyl (C=O) groups is 1. The largest absolute Gasteiger partial charge is 0.461 e. The number of carbonyl (C=O) groups excluding carboxylic acids is 1. The highest BCUT2D eigenvalue weighted by Gasteiger charge is 2.13. The van der Waals surface area contributed by atoms with Crippen molar-refractivity contribution >= 4 is 15.8 Å². The van der Waals surface area contributed by atoms with Crippen LogP contribution in [0.4, 0.5) is 4.39 Å². The Morgan fingerprint density at radius 2 is 2.06 bits per heavy atom. The van der Waals surface area contributed by atoms with Crippen LogP contribution in [0.2, 0.25) is 0 Å². The van der Waals surface area contributed by atoms with Gasteiger partial charge < -0.3 is 4.74 Å². The zero-order valence-corrected chi connectivity index (χ0v) is 9.67. The Labute approximate surface area is 93.0 Å². The first kappa shape index (κ1) is 12.6. The monoisotopic (exact) mass is 246 g/mol. The summed E-state index contributed by atoms with van der Waals surface area (Å²) in [5.41, 5.74) is 0.403. The summed E-state index contributed by atoms with van der Waals surface area (Å²) in [7, 11) is -3.56. The van der Waals surface area contributed by atoms with Gasteiger partial charge in [0.1, 0.15) is 17.3 Å². The van der Waals surface area contributed by atoms with E-state index in [-0.39, 0.29) is 11.5 Å². The Bertz CT molecular complexity index is 508. The summed E-state index contributed by atoms with van der Waals surface area (Å²) in [5.74, 6) is -1.32. The van der Waals surface area contributed by atoms with Gasteiger partial charge in [-0.2, -0.15) is 0 Å². The van der Waals surface area contributed by atoms with E-state index in [1.165, 1.54) is 13.0 Å². The Hall–Kier alpha value is -1.43. The zero-order chi connectivity index (χ0) is 12.3. The Morgan fingerprint density at radius 3 is 2.50 bits per heavy atom. The molecule has 0 fully saturated rings. The van der Waals surface area contributed by atoms with E-state index in [2.05, 4.69) is 4.74 Å². The first-order chi connectivity index (χ1) is 7.30. The molecule has 88 valence electrons. The highest BCUT2D eigenvalue weighted by molar-refractivity contribution is 7.90. The zero-order valence-electron chi connectivity index (χ0n) is 8.86. The van der Waals surface area contributed by atoms with E-state index in [9.17, 15) is 17.6 Å². The van der Waals surface area contributed by atoms with Crippen LogP contribution in [0.25, 0.3) is 0 Å². The van der Waals surface area contributed by atoms with E-state index in [0.29, 0.717) is 5.56 Å². The van der Waals surface area contributed by atoms with Gasteiger partial charge in [-0.05, 0) is 17.7 Å². The molecule has 1 rings (SSSR count). The Balaban J connectivity index is 2.96. The average molecular weight is 246 g/mol. The van der Waals surface area contributed by atoms with Gasteiger partial charge in [0.05, 0.1) is 0 Å². The number of rotatable bonds is 3. The summed E-state index contributed by atoms with van der Waals surface area (Å²) in [6, 6.07) is 3.60. The number of esters is 1. The molecule has 0 aliphatic rings. The average Bonchev–Trinajstić information content (AvgIpc) is 2.12. The molecular formula is C10H11FO4S. The first-order valence-corrected chi connectivity index (χ1v) is 6.31. The molecule has 16 heavy (non-hydrogen) atoms. The van der Waals surface area contributed by atoms with E-state index in [1.807, 2.05) is 0 Å². The van der Waals surface area contributed by atoms with E-state index in [0.717, 1.165) is 18.4 Å². The normalized spacial score (nSPS) is 11.2. The van der Waals surface area contributed by atoms with Gasteiger partial charge in [0.25, 0.3) is 0 Å². The van der Waals surface area contributed by atoms with Gasteiger partial charge in [-0.25, -0.2) is 12.8 Å². The second kappa shape index (κ2) is 4.61. The lowest BCUT2D eigenvalue weighted by Crippen LogP contribution is -2.03. The van der Waals surface area contributed by atoms with Gasteiger partial charge in [-0.1, -0.05) is 6.07 Å². The molecule has 0 aromatic heterocycles. The molecule has 0 saturated heterocycles. The fraction of sp³-hybridized carbons (Fsp3) is 0.300. The van der Waals surface area contributed by atoms with Crippen molar-refractivity contribution in [1.82, 2.24) is 0 Å². The van der Waals surface area contributed by atoms with Crippen molar-refractivity contribution in [3.63, 3.8) is 0 Å². The van der Waals surface area contributed by atoms with Crippen molar-refractivity contribution in [2.45, 2.75) is 18.4 Å². The summed E-state index contributed by atoms with van der Waals surface area (Å²) in [6.45, 7) is 1.16. The molecule has 1 aromatic rings. The fourth-order valence-electron chi connectivity index (χ4n) is 1.12. The van der Waals surface area contributed by atoms with Crippen LogP contribution in [-0.4, -0.2) is 20.6 Å². The number of hydrogen-bond donors (Lipinski definition) is 0. The molecule has 0 unspecified atom stereocenters. The molecule has 0 atom stereocenters. The summed E-state index contributed by atoms with van der Waals surface area (Å²) < 4.78 is 40.2. The molecule has 0 bridgehead atoms. The van der Waals surface area contributed by atoms with Crippen LogP contribution in [0.15, 0.2) is 23.1 Å². The predicted molar refractivity (Wildman–Crippen MR) is 55.0 cm³/mol. The standard InChI is InChI=1S/C10H11FO4S/c1-7(12)15-6-8-3-4-10(9(11)5-8)16(2,13)14/h3-5H,6H2,1-2H3. The maximum Gasteiger partial charge on any atom is 0.302 e. The molecule has 0 aliphatic carbocycles. The predicted octanol–water partition coefficient (Wildman–Crippen LogP) is 1.29. The molecule has 0 aliphatic heterocycles. The minimum Gasteiger partial charge on any atom is -0.461 e. The van der Waals surface area contributed by atoms with Crippen LogP contribution in [0.3, 0.4) is 0 Å². The van der Waals surface area contributed by atoms with Gasteiger partial charge in [0.2, 0.25) is 0 Å². The van der Waals surface area contributed by atoms with Crippen LogP contribution in [-0.2, 0) is 26.0 Å². The highest BCUT2D eigenvalue weighted by atomic mass is 32.2. The quantitative estimate of drug-likeness (QED) is 0.754. The minimum absolute atomic E-state index is 0.0731. The lowest BCUT2D eigenvalue weighted by molar-refractivity contribution is -0.142. The molecule has 0 amide bonds. The maximum absolute atomic E-state index is 13.4.